The molecule has 0 spiro atoms. The number of nitrogens with one attached hydrogen (secondary N) is 2. The summed E-state index contributed by atoms with van der Waals surface area (Å²) < 4.78 is 29.0. The first-order valence-corrected chi connectivity index (χ1v) is 10.6. The van der Waals surface area contributed by atoms with Crippen molar-refractivity contribution < 1.29 is 13.2 Å². The summed E-state index contributed by atoms with van der Waals surface area (Å²) in [6.07, 6.45) is 4.58. The molecule has 0 aliphatic heterocycles. The minimum atomic E-state index is -3.21. The number of rotatable bonds is 8. The Bertz CT molecular complexity index is 868. The van der Waals surface area contributed by atoms with Gasteiger partial charge in [0.1, 0.15) is 12.4 Å². The number of nitrogens with zero attached hydrogens (tertiary/aromatic N) is 2. The normalized spacial score (nSPS) is 11.9. The van der Waals surface area contributed by atoms with Gasteiger partial charge in [0.25, 0.3) is 0 Å². The third-order valence-corrected chi connectivity index (χ3v) is 4.96. The van der Waals surface area contributed by atoms with E-state index in [4.69, 9.17) is 4.74 Å². The molecule has 146 valence electrons. The van der Waals surface area contributed by atoms with E-state index in [1.165, 1.54) is 6.26 Å². The topological polar surface area (TPSA) is 92.7 Å². The summed E-state index contributed by atoms with van der Waals surface area (Å²) in [6, 6.07) is 8.97. The number of aromatic nitrogens is 1. The SMILES string of the molecule is CCNC(=NCc1ccc(S(C)(=O)=O)c(C)c1)NCCOc1cccnc1. The Labute approximate surface area is 160 Å². The third kappa shape index (κ3) is 6.90. The Kier molecular flexibility index (Phi) is 7.60. The Hall–Kier alpha value is -2.61. The zero-order valence-corrected chi connectivity index (χ0v) is 16.7. The molecular formula is C19H26N4O3S. The van der Waals surface area contributed by atoms with Gasteiger partial charge in [-0.15, -0.1) is 0 Å². The van der Waals surface area contributed by atoms with Gasteiger partial charge >= 0.3 is 0 Å². The van der Waals surface area contributed by atoms with Crippen LogP contribution in [0.3, 0.4) is 0 Å². The molecule has 2 rings (SSSR count). The van der Waals surface area contributed by atoms with Crippen LogP contribution in [-0.2, 0) is 16.4 Å². The van der Waals surface area contributed by atoms with Crippen LogP contribution in [0.25, 0.3) is 0 Å². The minimum Gasteiger partial charge on any atom is -0.490 e. The molecule has 1 aromatic carbocycles. The smallest absolute Gasteiger partial charge is 0.191 e. The molecule has 0 amide bonds. The van der Waals surface area contributed by atoms with Crippen molar-refractivity contribution in [3.05, 3.63) is 53.9 Å². The summed E-state index contributed by atoms with van der Waals surface area (Å²) in [5, 5.41) is 6.39. The van der Waals surface area contributed by atoms with E-state index in [-0.39, 0.29) is 0 Å². The van der Waals surface area contributed by atoms with Crippen LogP contribution in [0.2, 0.25) is 0 Å². The first-order chi connectivity index (χ1) is 12.9. The summed E-state index contributed by atoms with van der Waals surface area (Å²) in [6.45, 7) is 6.05. The molecule has 1 heterocycles. The quantitative estimate of drug-likeness (QED) is 0.406. The predicted octanol–water partition coefficient (Wildman–Crippen LogP) is 1.93. The molecule has 8 heteroatoms. The summed E-state index contributed by atoms with van der Waals surface area (Å²) >= 11 is 0. The van der Waals surface area contributed by atoms with Crippen molar-refractivity contribution in [2.24, 2.45) is 4.99 Å². The molecule has 0 bridgehead atoms. The van der Waals surface area contributed by atoms with Crippen LogP contribution in [0, 0.1) is 6.92 Å². The average Bonchev–Trinajstić information content (AvgIpc) is 2.63. The summed E-state index contributed by atoms with van der Waals surface area (Å²) in [5.41, 5.74) is 1.68. The first kappa shape index (κ1) is 20.7. The second-order valence-corrected chi connectivity index (χ2v) is 8.02. The lowest BCUT2D eigenvalue weighted by molar-refractivity contribution is 0.320. The number of guanidine groups is 1. The summed E-state index contributed by atoms with van der Waals surface area (Å²) in [5.74, 6) is 1.40. The minimum absolute atomic E-state index is 0.354. The zero-order valence-electron chi connectivity index (χ0n) is 15.9. The van der Waals surface area contributed by atoms with Gasteiger partial charge in [-0.05, 0) is 43.2 Å². The van der Waals surface area contributed by atoms with Crippen LogP contribution in [0.4, 0.5) is 0 Å². The van der Waals surface area contributed by atoms with Crippen LogP contribution in [0.5, 0.6) is 5.75 Å². The summed E-state index contributed by atoms with van der Waals surface area (Å²) in [4.78, 5) is 8.89. The van der Waals surface area contributed by atoms with Crippen LogP contribution in [0.1, 0.15) is 18.1 Å². The summed E-state index contributed by atoms with van der Waals surface area (Å²) in [7, 11) is -3.21. The van der Waals surface area contributed by atoms with E-state index in [0.29, 0.717) is 30.6 Å². The van der Waals surface area contributed by atoms with Crippen molar-refractivity contribution in [2.75, 3.05) is 26.0 Å². The first-order valence-electron chi connectivity index (χ1n) is 8.74. The maximum atomic E-state index is 11.7. The fourth-order valence-corrected chi connectivity index (χ4v) is 3.47. The Morgan fingerprint density at radius 2 is 2.07 bits per heavy atom. The highest BCUT2D eigenvalue weighted by Crippen LogP contribution is 2.17. The van der Waals surface area contributed by atoms with Crippen molar-refractivity contribution in [1.29, 1.82) is 0 Å². The van der Waals surface area contributed by atoms with Gasteiger partial charge in [-0.2, -0.15) is 0 Å². The molecule has 0 fully saturated rings. The van der Waals surface area contributed by atoms with Crippen LogP contribution < -0.4 is 15.4 Å². The van der Waals surface area contributed by atoms with Gasteiger partial charge in [0.05, 0.1) is 24.2 Å². The number of aryl methyl sites for hydroxylation is 1. The fraction of sp³-hybridized carbons (Fsp3) is 0.368. The second kappa shape index (κ2) is 9.91. The highest BCUT2D eigenvalue weighted by molar-refractivity contribution is 7.90. The molecule has 0 atom stereocenters. The maximum absolute atomic E-state index is 11.7. The number of sulfone groups is 1. The number of aliphatic imine (C=N–C) groups is 1. The van der Waals surface area contributed by atoms with Crippen LogP contribution in [-0.4, -0.2) is 45.3 Å². The molecule has 0 radical (unpaired) electrons. The molecular weight excluding hydrogens is 364 g/mol. The molecule has 0 unspecified atom stereocenters. The number of ether oxygens (including phenoxy) is 1. The van der Waals surface area contributed by atoms with Gasteiger partial charge in [0, 0.05) is 19.0 Å². The maximum Gasteiger partial charge on any atom is 0.191 e. The van der Waals surface area contributed by atoms with Crippen LogP contribution >= 0.6 is 0 Å². The standard InChI is InChI=1S/C19H26N4O3S/c1-4-21-19(22-10-11-26-17-6-5-9-20-14-17)23-13-16-7-8-18(15(2)12-16)27(3,24)25/h5-9,12,14H,4,10-11,13H2,1-3H3,(H2,21,22,23). The van der Waals surface area contributed by atoms with Gasteiger partial charge in [0.15, 0.2) is 15.8 Å². The lowest BCUT2D eigenvalue weighted by atomic mass is 10.1. The van der Waals surface area contributed by atoms with Crippen molar-refractivity contribution >= 4 is 15.8 Å². The van der Waals surface area contributed by atoms with Crippen LogP contribution in [0.15, 0.2) is 52.6 Å². The molecule has 0 aliphatic carbocycles. The predicted molar refractivity (Wildman–Crippen MR) is 107 cm³/mol. The van der Waals surface area contributed by atoms with Gasteiger partial charge in [-0.25, -0.2) is 13.4 Å². The highest BCUT2D eigenvalue weighted by Gasteiger charge is 2.10. The lowest BCUT2D eigenvalue weighted by Gasteiger charge is -2.12. The molecule has 2 N–H and O–H groups in total. The van der Waals surface area contributed by atoms with Crippen molar-refractivity contribution in [3.8, 4) is 5.75 Å². The van der Waals surface area contributed by atoms with E-state index in [1.54, 1.807) is 31.5 Å². The Balaban J connectivity index is 1.91. The monoisotopic (exact) mass is 390 g/mol. The van der Waals surface area contributed by atoms with Gasteiger partial charge in [-0.1, -0.05) is 12.1 Å². The largest absolute Gasteiger partial charge is 0.490 e. The zero-order chi connectivity index (χ0) is 19.7. The fourth-order valence-electron chi connectivity index (χ4n) is 2.51. The van der Waals surface area contributed by atoms with E-state index in [2.05, 4.69) is 20.6 Å². The van der Waals surface area contributed by atoms with Gasteiger partial charge in [-0.3, -0.25) is 4.98 Å². The number of benzene rings is 1. The van der Waals surface area contributed by atoms with E-state index in [9.17, 15) is 8.42 Å². The van der Waals surface area contributed by atoms with Crippen molar-refractivity contribution in [2.45, 2.75) is 25.3 Å². The van der Waals surface area contributed by atoms with E-state index in [0.717, 1.165) is 23.4 Å². The Morgan fingerprint density at radius 1 is 1.26 bits per heavy atom. The molecule has 0 saturated carbocycles. The molecule has 1 aromatic heterocycles. The van der Waals surface area contributed by atoms with E-state index >= 15 is 0 Å². The second-order valence-electron chi connectivity index (χ2n) is 6.03. The number of hydrogen-bond acceptors (Lipinski definition) is 5. The van der Waals surface area contributed by atoms with Crippen molar-refractivity contribution in [1.82, 2.24) is 15.6 Å². The average molecular weight is 391 g/mol. The third-order valence-electron chi connectivity index (χ3n) is 3.70. The Morgan fingerprint density at radius 3 is 2.70 bits per heavy atom. The van der Waals surface area contributed by atoms with Gasteiger partial charge < -0.3 is 15.4 Å². The molecule has 27 heavy (non-hydrogen) atoms. The number of hydrogen-bond donors (Lipinski definition) is 2. The molecule has 7 nitrogen and oxygen atoms in total. The number of pyridine rings is 1. The van der Waals surface area contributed by atoms with E-state index in [1.807, 2.05) is 25.1 Å². The van der Waals surface area contributed by atoms with Crippen molar-refractivity contribution in [3.63, 3.8) is 0 Å². The highest BCUT2D eigenvalue weighted by atomic mass is 32.2. The molecule has 0 saturated heterocycles. The molecule has 2 aromatic rings. The van der Waals surface area contributed by atoms with Gasteiger partial charge in [0.2, 0.25) is 0 Å². The molecule has 0 aliphatic rings. The lowest BCUT2D eigenvalue weighted by Crippen LogP contribution is -2.39. The van der Waals surface area contributed by atoms with E-state index < -0.39 is 9.84 Å².